The molecule has 1 aromatic heterocycles. The summed E-state index contributed by atoms with van der Waals surface area (Å²) < 4.78 is 0. The highest BCUT2D eigenvalue weighted by atomic mass is 32.1. The lowest BCUT2D eigenvalue weighted by atomic mass is 10.00. The molecule has 2 amide bonds. The predicted molar refractivity (Wildman–Crippen MR) is 98.6 cm³/mol. The van der Waals surface area contributed by atoms with Gasteiger partial charge in [0.1, 0.15) is 11.0 Å². The summed E-state index contributed by atoms with van der Waals surface area (Å²) in [5.74, 6) is -0.157. The lowest BCUT2D eigenvalue weighted by Gasteiger charge is -2.34. The molecule has 1 saturated heterocycles. The number of aryl methyl sites for hydroxylation is 2. The van der Waals surface area contributed by atoms with Crippen molar-refractivity contribution < 1.29 is 9.59 Å². The molecule has 0 saturated carbocycles. The molecule has 25 heavy (non-hydrogen) atoms. The fourth-order valence-corrected chi connectivity index (χ4v) is 3.96. The molecule has 5 nitrogen and oxygen atoms in total. The first-order valence-electron chi connectivity index (χ1n) is 8.63. The Balaban J connectivity index is 1.67. The van der Waals surface area contributed by atoms with Gasteiger partial charge < -0.3 is 10.2 Å². The second-order valence-corrected chi connectivity index (χ2v) is 7.63. The number of amides is 2. The molecule has 0 radical (unpaired) electrons. The molecule has 0 spiro atoms. The number of hydrogen-bond donors (Lipinski definition) is 1. The molecular formula is C19H23N3O2S. The summed E-state index contributed by atoms with van der Waals surface area (Å²) in [5.41, 5.74) is 1.64. The molecule has 0 unspecified atom stereocenters. The number of likely N-dealkylation sites (tertiary alicyclic amines) is 1. The summed E-state index contributed by atoms with van der Waals surface area (Å²) in [6.45, 7) is 5.04. The zero-order valence-corrected chi connectivity index (χ0v) is 15.4. The Hall–Kier alpha value is -2.21. The Bertz CT molecular complexity index is 738. The predicted octanol–water partition coefficient (Wildman–Crippen LogP) is 3.07. The smallest absolute Gasteiger partial charge is 0.254 e. The van der Waals surface area contributed by atoms with Gasteiger partial charge in [0.15, 0.2) is 0 Å². The normalized spacial score (nSPS) is 17.4. The maximum Gasteiger partial charge on any atom is 0.254 e. The number of carbonyl (C=O) groups excluding carboxylic acids is 2. The molecule has 1 N–H and O–H groups in total. The van der Waals surface area contributed by atoms with Crippen molar-refractivity contribution in [3.05, 3.63) is 51.5 Å². The Morgan fingerprint density at radius 2 is 2.00 bits per heavy atom. The Morgan fingerprint density at radius 1 is 1.24 bits per heavy atom. The van der Waals surface area contributed by atoms with Crippen molar-refractivity contribution in [1.82, 2.24) is 15.2 Å². The summed E-state index contributed by atoms with van der Waals surface area (Å²) in [7, 11) is 0. The number of hydrogen-bond acceptors (Lipinski definition) is 4. The summed E-state index contributed by atoms with van der Waals surface area (Å²) in [5, 5.41) is 3.86. The standard InChI is InChI=1S/C19H23N3O2S/c1-13-14(2)25-17(21-13)12-20-18(23)16-10-6-7-11-22(16)19(24)15-8-4-3-5-9-15/h3-5,8-9,16H,6-7,10-12H2,1-2H3,(H,20,23)/t16-/m0/s1. The van der Waals surface area contributed by atoms with Crippen molar-refractivity contribution in [3.8, 4) is 0 Å². The fourth-order valence-electron chi connectivity index (χ4n) is 3.09. The van der Waals surface area contributed by atoms with E-state index < -0.39 is 6.04 Å². The molecule has 132 valence electrons. The monoisotopic (exact) mass is 357 g/mol. The van der Waals surface area contributed by atoms with E-state index in [1.165, 1.54) is 4.88 Å². The van der Waals surface area contributed by atoms with Gasteiger partial charge >= 0.3 is 0 Å². The van der Waals surface area contributed by atoms with Crippen LogP contribution in [0.1, 0.15) is 45.2 Å². The lowest BCUT2D eigenvalue weighted by molar-refractivity contribution is -0.126. The average molecular weight is 357 g/mol. The molecule has 1 atom stereocenters. The third kappa shape index (κ3) is 4.07. The van der Waals surface area contributed by atoms with Gasteiger partial charge in [-0.05, 0) is 45.2 Å². The molecule has 1 aliphatic rings. The minimum absolute atomic E-state index is 0.0682. The quantitative estimate of drug-likeness (QED) is 0.915. The highest BCUT2D eigenvalue weighted by Gasteiger charge is 2.32. The second kappa shape index (κ2) is 7.78. The van der Waals surface area contributed by atoms with Gasteiger partial charge in [0.2, 0.25) is 5.91 Å². The Morgan fingerprint density at radius 3 is 2.68 bits per heavy atom. The molecule has 1 aliphatic heterocycles. The number of piperidine rings is 1. The van der Waals surface area contributed by atoms with Crippen LogP contribution in [0, 0.1) is 13.8 Å². The molecule has 1 fully saturated rings. The molecule has 2 heterocycles. The summed E-state index contributed by atoms with van der Waals surface area (Å²) in [6.07, 6.45) is 2.61. The number of thiazole rings is 1. The zero-order chi connectivity index (χ0) is 17.8. The maximum atomic E-state index is 12.8. The zero-order valence-electron chi connectivity index (χ0n) is 14.6. The van der Waals surface area contributed by atoms with Crippen LogP contribution in [0.25, 0.3) is 0 Å². The first-order valence-corrected chi connectivity index (χ1v) is 9.44. The molecule has 0 aliphatic carbocycles. The van der Waals surface area contributed by atoms with E-state index in [-0.39, 0.29) is 11.8 Å². The number of aromatic nitrogens is 1. The van der Waals surface area contributed by atoms with Crippen LogP contribution < -0.4 is 5.32 Å². The Labute approximate surface area is 152 Å². The van der Waals surface area contributed by atoms with Crippen molar-refractivity contribution in [2.75, 3.05) is 6.54 Å². The van der Waals surface area contributed by atoms with Crippen LogP contribution in [-0.4, -0.2) is 34.3 Å². The molecule has 6 heteroatoms. The number of carbonyl (C=O) groups is 2. The van der Waals surface area contributed by atoms with Crippen molar-refractivity contribution in [2.45, 2.75) is 45.7 Å². The van der Waals surface area contributed by atoms with Gasteiger partial charge in [0, 0.05) is 17.0 Å². The summed E-state index contributed by atoms with van der Waals surface area (Å²) in [4.78, 5) is 32.8. The van der Waals surface area contributed by atoms with Gasteiger partial charge in [-0.1, -0.05) is 18.2 Å². The van der Waals surface area contributed by atoms with Gasteiger partial charge in [-0.25, -0.2) is 4.98 Å². The van der Waals surface area contributed by atoms with Crippen LogP contribution in [0.5, 0.6) is 0 Å². The first-order chi connectivity index (χ1) is 12.1. The van der Waals surface area contributed by atoms with Crippen molar-refractivity contribution in [2.24, 2.45) is 0 Å². The van der Waals surface area contributed by atoms with E-state index in [4.69, 9.17) is 0 Å². The highest BCUT2D eigenvalue weighted by Crippen LogP contribution is 2.21. The van der Waals surface area contributed by atoms with Gasteiger partial charge in [-0.15, -0.1) is 11.3 Å². The molecule has 3 rings (SSSR count). The van der Waals surface area contributed by atoms with Crippen molar-refractivity contribution in [3.63, 3.8) is 0 Å². The van der Waals surface area contributed by atoms with Crippen LogP contribution in [0.15, 0.2) is 30.3 Å². The maximum absolute atomic E-state index is 12.8. The van der Waals surface area contributed by atoms with E-state index in [0.29, 0.717) is 25.1 Å². The van der Waals surface area contributed by atoms with Gasteiger partial charge in [-0.3, -0.25) is 9.59 Å². The molecule has 1 aromatic carbocycles. The third-order valence-corrected chi connectivity index (χ3v) is 5.65. The van der Waals surface area contributed by atoms with Gasteiger partial charge in [-0.2, -0.15) is 0 Å². The van der Waals surface area contributed by atoms with Gasteiger partial charge in [0.05, 0.1) is 12.2 Å². The third-order valence-electron chi connectivity index (χ3n) is 4.57. The Kier molecular flexibility index (Phi) is 5.48. The molecule has 0 bridgehead atoms. The lowest BCUT2D eigenvalue weighted by Crippen LogP contribution is -2.51. The van der Waals surface area contributed by atoms with Crippen LogP contribution in [0.3, 0.4) is 0 Å². The number of benzene rings is 1. The van der Waals surface area contributed by atoms with Crippen LogP contribution >= 0.6 is 11.3 Å². The van der Waals surface area contributed by atoms with E-state index in [1.807, 2.05) is 32.0 Å². The summed E-state index contributed by atoms with van der Waals surface area (Å²) >= 11 is 1.60. The SMILES string of the molecule is Cc1nc(CNC(=O)[C@@H]2CCCCN2C(=O)c2ccccc2)sc1C. The second-order valence-electron chi connectivity index (χ2n) is 6.34. The first kappa shape index (κ1) is 17.6. The van der Waals surface area contributed by atoms with E-state index in [1.54, 1.807) is 28.4 Å². The van der Waals surface area contributed by atoms with Crippen molar-refractivity contribution in [1.29, 1.82) is 0 Å². The minimum Gasteiger partial charge on any atom is -0.348 e. The van der Waals surface area contributed by atoms with E-state index in [2.05, 4.69) is 10.3 Å². The van der Waals surface area contributed by atoms with Crippen LogP contribution in [0.4, 0.5) is 0 Å². The van der Waals surface area contributed by atoms with E-state index >= 15 is 0 Å². The van der Waals surface area contributed by atoms with Crippen LogP contribution in [0.2, 0.25) is 0 Å². The fraction of sp³-hybridized carbons (Fsp3) is 0.421. The molecular weight excluding hydrogens is 334 g/mol. The van der Waals surface area contributed by atoms with Crippen molar-refractivity contribution >= 4 is 23.2 Å². The molecule has 2 aromatic rings. The summed E-state index contributed by atoms with van der Waals surface area (Å²) in [6, 6.07) is 8.78. The number of nitrogens with one attached hydrogen (secondary N) is 1. The number of rotatable bonds is 4. The van der Waals surface area contributed by atoms with E-state index in [9.17, 15) is 9.59 Å². The highest BCUT2D eigenvalue weighted by molar-refractivity contribution is 7.11. The van der Waals surface area contributed by atoms with E-state index in [0.717, 1.165) is 23.5 Å². The number of nitrogens with zero attached hydrogens (tertiary/aromatic N) is 2. The largest absolute Gasteiger partial charge is 0.348 e. The average Bonchev–Trinajstić information content (AvgIpc) is 2.97. The van der Waals surface area contributed by atoms with Crippen LogP contribution in [-0.2, 0) is 11.3 Å². The van der Waals surface area contributed by atoms with Gasteiger partial charge in [0.25, 0.3) is 5.91 Å². The minimum atomic E-state index is -0.399. The topological polar surface area (TPSA) is 62.3 Å².